The van der Waals surface area contributed by atoms with Crippen molar-refractivity contribution in [3.63, 3.8) is 0 Å². The predicted octanol–water partition coefficient (Wildman–Crippen LogP) is 5.39. The van der Waals surface area contributed by atoms with E-state index in [-0.39, 0.29) is 5.56 Å². The van der Waals surface area contributed by atoms with E-state index < -0.39 is 5.82 Å². The summed E-state index contributed by atoms with van der Waals surface area (Å²) in [4.78, 5) is 0. The molecule has 0 unspecified atom stereocenters. The fourth-order valence-corrected chi connectivity index (χ4v) is 3.29. The van der Waals surface area contributed by atoms with Gasteiger partial charge in [0, 0.05) is 5.56 Å². The number of benzene rings is 2. The monoisotopic (exact) mass is 351 g/mol. The molecule has 0 saturated heterocycles. The molecule has 3 nitrogen and oxygen atoms in total. The summed E-state index contributed by atoms with van der Waals surface area (Å²) in [5.41, 5.74) is 4.24. The van der Waals surface area contributed by atoms with Gasteiger partial charge < -0.3 is 0 Å². The topological polar surface area (TPSA) is 41.6 Å². The lowest BCUT2D eigenvalue weighted by Crippen LogP contribution is -2.01. The average molecular weight is 352 g/mol. The highest BCUT2D eigenvalue weighted by atomic mass is 35.5. The standard InChI is InChI=1S/C20H15ClFN3/c1-12-8-20(15-4-5-16(11-23)18(22)10-15)25(24-12)19-7-6-14(9-17(19)21)13-2-3-13/h4-10,13H,2-3H2,1H3. The molecule has 1 aromatic heterocycles. The van der Waals surface area contributed by atoms with E-state index in [0.717, 1.165) is 17.1 Å². The second-order valence-electron chi connectivity index (χ2n) is 6.37. The molecule has 0 N–H and O–H groups in total. The van der Waals surface area contributed by atoms with Crippen molar-refractivity contribution >= 4 is 11.6 Å². The average Bonchev–Trinajstić information content (AvgIpc) is 3.37. The Morgan fingerprint density at radius 1 is 1.20 bits per heavy atom. The van der Waals surface area contributed by atoms with Crippen LogP contribution in [0.3, 0.4) is 0 Å². The highest BCUT2D eigenvalue weighted by Gasteiger charge is 2.24. The second-order valence-corrected chi connectivity index (χ2v) is 6.78. The van der Waals surface area contributed by atoms with Gasteiger partial charge in [0.05, 0.1) is 27.7 Å². The Hall–Kier alpha value is -2.64. The molecule has 4 rings (SSSR count). The van der Waals surface area contributed by atoms with Crippen LogP contribution in [-0.4, -0.2) is 9.78 Å². The summed E-state index contributed by atoms with van der Waals surface area (Å²) < 4.78 is 15.8. The molecule has 0 bridgehead atoms. The van der Waals surface area contributed by atoms with Gasteiger partial charge in [0.15, 0.2) is 0 Å². The molecule has 1 heterocycles. The molecular weight excluding hydrogens is 337 g/mol. The summed E-state index contributed by atoms with van der Waals surface area (Å²) in [5, 5.41) is 14.1. The molecule has 1 aliphatic carbocycles. The number of rotatable bonds is 3. The quantitative estimate of drug-likeness (QED) is 0.634. The first-order valence-corrected chi connectivity index (χ1v) is 8.51. The first kappa shape index (κ1) is 15.9. The zero-order chi connectivity index (χ0) is 17.6. The molecule has 5 heteroatoms. The van der Waals surface area contributed by atoms with E-state index in [1.54, 1.807) is 10.7 Å². The minimum atomic E-state index is -0.541. The van der Waals surface area contributed by atoms with E-state index in [1.165, 1.54) is 30.5 Å². The minimum absolute atomic E-state index is 0.0263. The molecular formula is C20H15ClFN3. The van der Waals surface area contributed by atoms with E-state index in [4.69, 9.17) is 16.9 Å². The third-order valence-electron chi connectivity index (χ3n) is 4.47. The van der Waals surface area contributed by atoms with Crippen LogP contribution in [0.15, 0.2) is 42.5 Å². The maximum absolute atomic E-state index is 14.0. The summed E-state index contributed by atoms with van der Waals surface area (Å²) >= 11 is 6.51. The number of hydrogen-bond donors (Lipinski definition) is 0. The molecule has 2 aromatic carbocycles. The molecule has 124 valence electrons. The maximum atomic E-state index is 14.0. The maximum Gasteiger partial charge on any atom is 0.141 e. The highest BCUT2D eigenvalue weighted by molar-refractivity contribution is 6.32. The third kappa shape index (κ3) is 2.92. The van der Waals surface area contributed by atoms with E-state index in [1.807, 2.05) is 31.2 Å². The van der Waals surface area contributed by atoms with Crippen molar-refractivity contribution in [1.29, 1.82) is 5.26 Å². The fraction of sp³-hybridized carbons (Fsp3) is 0.200. The summed E-state index contributed by atoms with van der Waals surface area (Å²) in [6, 6.07) is 14.3. The molecule has 1 aliphatic rings. The fourth-order valence-electron chi connectivity index (χ4n) is 3.02. The van der Waals surface area contributed by atoms with Crippen LogP contribution in [-0.2, 0) is 0 Å². The van der Waals surface area contributed by atoms with Crippen molar-refractivity contribution in [2.45, 2.75) is 25.7 Å². The molecule has 0 spiro atoms. The van der Waals surface area contributed by atoms with Crippen LogP contribution in [0.2, 0.25) is 5.02 Å². The normalized spacial score (nSPS) is 13.7. The smallest absolute Gasteiger partial charge is 0.141 e. The molecule has 0 aliphatic heterocycles. The first-order chi connectivity index (χ1) is 12.1. The Labute approximate surface area is 150 Å². The van der Waals surface area contributed by atoms with Crippen molar-refractivity contribution in [3.8, 4) is 23.0 Å². The SMILES string of the molecule is Cc1cc(-c2ccc(C#N)c(F)c2)n(-c2ccc(C3CC3)cc2Cl)n1. The first-order valence-electron chi connectivity index (χ1n) is 8.13. The van der Waals surface area contributed by atoms with Crippen LogP contribution < -0.4 is 0 Å². The van der Waals surface area contributed by atoms with Gasteiger partial charge in [0.2, 0.25) is 0 Å². The molecule has 0 atom stereocenters. The Morgan fingerprint density at radius 3 is 2.64 bits per heavy atom. The highest BCUT2D eigenvalue weighted by Crippen LogP contribution is 2.41. The number of aryl methyl sites for hydroxylation is 1. The van der Waals surface area contributed by atoms with Gasteiger partial charge >= 0.3 is 0 Å². The van der Waals surface area contributed by atoms with Gasteiger partial charge in [-0.15, -0.1) is 0 Å². The molecule has 1 fully saturated rings. The molecule has 1 saturated carbocycles. The molecule has 0 radical (unpaired) electrons. The second kappa shape index (κ2) is 6.02. The zero-order valence-electron chi connectivity index (χ0n) is 13.6. The summed E-state index contributed by atoms with van der Waals surface area (Å²) in [5.74, 6) is 0.0820. The Balaban J connectivity index is 1.82. The van der Waals surface area contributed by atoms with Crippen LogP contribution in [0.25, 0.3) is 16.9 Å². The van der Waals surface area contributed by atoms with E-state index in [2.05, 4.69) is 11.2 Å². The Bertz CT molecular complexity index is 1010. The number of aromatic nitrogens is 2. The zero-order valence-corrected chi connectivity index (χ0v) is 14.4. The number of halogens is 2. The lowest BCUT2D eigenvalue weighted by Gasteiger charge is -2.11. The summed E-state index contributed by atoms with van der Waals surface area (Å²) in [7, 11) is 0. The minimum Gasteiger partial charge on any atom is -0.231 e. The third-order valence-corrected chi connectivity index (χ3v) is 4.77. The Morgan fingerprint density at radius 2 is 2.00 bits per heavy atom. The molecule has 3 aromatic rings. The molecule has 25 heavy (non-hydrogen) atoms. The van der Waals surface area contributed by atoms with Crippen LogP contribution in [0.5, 0.6) is 0 Å². The van der Waals surface area contributed by atoms with Gasteiger partial charge in [-0.3, -0.25) is 0 Å². The van der Waals surface area contributed by atoms with Crippen LogP contribution in [0, 0.1) is 24.1 Å². The lowest BCUT2D eigenvalue weighted by atomic mass is 10.1. The van der Waals surface area contributed by atoms with Crippen molar-refractivity contribution in [1.82, 2.24) is 9.78 Å². The molecule has 0 amide bonds. The van der Waals surface area contributed by atoms with Gasteiger partial charge in [-0.25, -0.2) is 9.07 Å². The van der Waals surface area contributed by atoms with Gasteiger partial charge in [-0.05, 0) is 61.6 Å². The number of hydrogen-bond acceptors (Lipinski definition) is 2. The van der Waals surface area contributed by atoms with Gasteiger partial charge in [-0.2, -0.15) is 10.4 Å². The van der Waals surface area contributed by atoms with Gasteiger partial charge in [-0.1, -0.05) is 23.7 Å². The van der Waals surface area contributed by atoms with Crippen molar-refractivity contribution in [2.24, 2.45) is 0 Å². The van der Waals surface area contributed by atoms with Crippen LogP contribution in [0.1, 0.15) is 35.6 Å². The van der Waals surface area contributed by atoms with Crippen molar-refractivity contribution < 1.29 is 4.39 Å². The van der Waals surface area contributed by atoms with Crippen molar-refractivity contribution in [3.05, 3.63) is 70.1 Å². The number of nitrogens with zero attached hydrogens (tertiary/aromatic N) is 3. The summed E-state index contributed by atoms with van der Waals surface area (Å²) in [6.07, 6.45) is 2.43. The van der Waals surface area contributed by atoms with Crippen molar-refractivity contribution in [2.75, 3.05) is 0 Å². The predicted molar refractivity (Wildman–Crippen MR) is 95.4 cm³/mol. The lowest BCUT2D eigenvalue weighted by molar-refractivity contribution is 0.624. The van der Waals surface area contributed by atoms with Gasteiger partial charge in [0.25, 0.3) is 0 Å². The van der Waals surface area contributed by atoms with Crippen LogP contribution >= 0.6 is 11.6 Å². The van der Waals surface area contributed by atoms with Gasteiger partial charge in [0.1, 0.15) is 11.9 Å². The number of nitriles is 1. The summed E-state index contributed by atoms with van der Waals surface area (Å²) in [6.45, 7) is 1.88. The van der Waals surface area contributed by atoms with E-state index in [0.29, 0.717) is 16.5 Å². The van der Waals surface area contributed by atoms with E-state index in [9.17, 15) is 4.39 Å². The van der Waals surface area contributed by atoms with Crippen LogP contribution in [0.4, 0.5) is 4.39 Å². The largest absolute Gasteiger partial charge is 0.231 e. The Kier molecular flexibility index (Phi) is 3.82. The van der Waals surface area contributed by atoms with E-state index >= 15 is 0 Å².